The molecule has 9 heteroatoms. The lowest BCUT2D eigenvalue weighted by molar-refractivity contribution is -0.0391. The quantitative estimate of drug-likeness (QED) is 0.589. The highest BCUT2D eigenvalue weighted by Gasteiger charge is 2.57. The molecule has 6 nitrogen and oxygen atoms in total. The van der Waals surface area contributed by atoms with Gasteiger partial charge in [0.05, 0.1) is 11.5 Å². The number of thioether (sulfide) groups is 1. The fourth-order valence-corrected chi connectivity index (χ4v) is 6.60. The summed E-state index contributed by atoms with van der Waals surface area (Å²) < 4.78 is 31.3. The molecule has 166 valence electrons. The number of hydrogen-bond donors (Lipinski definition) is 0. The molecular formula is C22H26ClN3O3S2. The second kappa shape index (κ2) is 8.65. The first-order valence-corrected chi connectivity index (χ1v) is 13.2. The standard InChI is InChI=1S/C22H26ClN3O3S2/c1-25(2)19-11-9-17(10-12-19)22(29-31(3,27)28)20(16-7-6-8-18(23)15-16)30-21-24-13-4-5-14-26(21)22/h6-12,15,20H,4-5,13-14H2,1-3H3. The first-order valence-electron chi connectivity index (χ1n) is 10.1. The SMILES string of the molecule is CN(C)c1ccc(C2(OS(C)(=O)=O)C(c3cccc(Cl)c3)SC3=NCCCCN32)cc1. The van der Waals surface area contributed by atoms with Gasteiger partial charge in [0.25, 0.3) is 10.1 Å². The Morgan fingerprint density at radius 3 is 2.58 bits per heavy atom. The van der Waals surface area contributed by atoms with E-state index in [4.69, 9.17) is 20.8 Å². The van der Waals surface area contributed by atoms with Crippen molar-refractivity contribution in [2.45, 2.75) is 23.8 Å². The van der Waals surface area contributed by atoms with Gasteiger partial charge in [0.15, 0.2) is 5.17 Å². The number of anilines is 1. The first kappa shape index (κ1) is 22.5. The first-order chi connectivity index (χ1) is 14.7. The van der Waals surface area contributed by atoms with Crippen LogP contribution in [0.5, 0.6) is 0 Å². The van der Waals surface area contributed by atoms with Crippen LogP contribution in [0.15, 0.2) is 53.5 Å². The Hall–Kier alpha value is -1.74. The average Bonchev–Trinajstić information content (AvgIpc) is 2.85. The fourth-order valence-electron chi connectivity index (χ4n) is 4.11. The Balaban J connectivity index is 1.96. The largest absolute Gasteiger partial charge is 0.378 e. The van der Waals surface area contributed by atoms with Gasteiger partial charge in [-0.15, -0.1) is 0 Å². The van der Waals surface area contributed by atoms with Gasteiger partial charge in [-0.2, -0.15) is 8.42 Å². The molecule has 0 aliphatic carbocycles. The second-order valence-corrected chi connectivity index (χ2v) is 11.1. The van der Waals surface area contributed by atoms with E-state index in [-0.39, 0.29) is 5.25 Å². The molecule has 2 aromatic rings. The van der Waals surface area contributed by atoms with Gasteiger partial charge in [-0.05, 0) is 42.7 Å². The molecule has 0 N–H and O–H groups in total. The third-order valence-corrected chi connectivity index (χ3v) is 7.65. The molecule has 2 unspecified atom stereocenters. The van der Waals surface area contributed by atoms with Crippen LogP contribution in [0, 0.1) is 0 Å². The highest BCUT2D eigenvalue weighted by Crippen LogP contribution is 2.57. The third kappa shape index (κ3) is 4.44. The van der Waals surface area contributed by atoms with E-state index in [0.29, 0.717) is 11.6 Å². The Labute approximate surface area is 193 Å². The maximum absolute atomic E-state index is 12.6. The summed E-state index contributed by atoms with van der Waals surface area (Å²) in [6.07, 6.45) is 2.97. The lowest BCUT2D eigenvalue weighted by atomic mass is 9.92. The zero-order valence-electron chi connectivity index (χ0n) is 17.8. The van der Waals surface area contributed by atoms with Crippen LogP contribution in [0.1, 0.15) is 29.2 Å². The van der Waals surface area contributed by atoms with Crippen LogP contribution in [0.4, 0.5) is 5.69 Å². The summed E-state index contributed by atoms with van der Waals surface area (Å²) in [5, 5.41) is 1.05. The van der Waals surface area contributed by atoms with Crippen molar-refractivity contribution in [2.24, 2.45) is 4.99 Å². The van der Waals surface area contributed by atoms with Gasteiger partial charge in [-0.3, -0.25) is 4.99 Å². The Morgan fingerprint density at radius 2 is 1.94 bits per heavy atom. The van der Waals surface area contributed by atoms with Gasteiger partial charge in [0.2, 0.25) is 5.72 Å². The predicted molar refractivity (Wildman–Crippen MR) is 128 cm³/mol. The molecule has 4 rings (SSSR count). The van der Waals surface area contributed by atoms with Gasteiger partial charge in [0, 0.05) is 43.5 Å². The van der Waals surface area contributed by atoms with Crippen LogP contribution in [0.2, 0.25) is 5.02 Å². The van der Waals surface area contributed by atoms with E-state index in [0.717, 1.165) is 47.6 Å². The van der Waals surface area contributed by atoms with Crippen LogP contribution >= 0.6 is 23.4 Å². The van der Waals surface area contributed by atoms with E-state index in [1.807, 2.05) is 72.4 Å². The molecule has 1 saturated heterocycles. The van der Waals surface area contributed by atoms with Crippen LogP contribution < -0.4 is 4.90 Å². The van der Waals surface area contributed by atoms with Crippen molar-refractivity contribution in [3.05, 3.63) is 64.7 Å². The molecule has 2 aromatic carbocycles. The summed E-state index contributed by atoms with van der Waals surface area (Å²) in [6, 6.07) is 15.4. The smallest absolute Gasteiger partial charge is 0.267 e. The van der Waals surface area contributed by atoms with Gasteiger partial charge in [-0.1, -0.05) is 47.6 Å². The van der Waals surface area contributed by atoms with Gasteiger partial charge in [0.1, 0.15) is 0 Å². The molecule has 0 bridgehead atoms. The molecule has 0 aromatic heterocycles. The number of hydrogen-bond acceptors (Lipinski definition) is 7. The lowest BCUT2D eigenvalue weighted by Crippen LogP contribution is -2.49. The van der Waals surface area contributed by atoms with Crippen molar-refractivity contribution in [1.82, 2.24) is 4.90 Å². The van der Waals surface area contributed by atoms with Crippen molar-refractivity contribution in [3.63, 3.8) is 0 Å². The summed E-state index contributed by atoms with van der Waals surface area (Å²) in [4.78, 5) is 8.80. The highest BCUT2D eigenvalue weighted by molar-refractivity contribution is 8.14. The number of benzene rings is 2. The average molecular weight is 480 g/mol. The zero-order chi connectivity index (χ0) is 22.2. The van der Waals surface area contributed by atoms with E-state index in [2.05, 4.69) is 0 Å². The molecular weight excluding hydrogens is 454 g/mol. The molecule has 0 amide bonds. The van der Waals surface area contributed by atoms with E-state index in [9.17, 15) is 8.42 Å². The molecule has 0 saturated carbocycles. The minimum Gasteiger partial charge on any atom is -0.378 e. The molecule has 2 aliphatic rings. The minimum absolute atomic E-state index is 0.358. The maximum atomic E-state index is 12.6. The molecule has 1 fully saturated rings. The molecule has 2 heterocycles. The van der Waals surface area contributed by atoms with Crippen LogP contribution in [0.3, 0.4) is 0 Å². The summed E-state index contributed by atoms with van der Waals surface area (Å²) in [5.41, 5.74) is 1.44. The Kier molecular flexibility index (Phi) is 6.27. The van der Waals surface area contributed by atoms with Gasteiger partial charge in [-0.25, -0.2) is 4.18 Å². The number of fused-ring (bicyclic) bond motifs is 1. The summed E-state index contributed by atoms with van der Waals surface area (Å²) in [7, 11) is 0.132. The van der Waals surface area contributed by atoms with Crippen molar-refractivity contribution >= 4 is 44.3 Å². The monoisotopic (exact) mass is 479 g/mol. The number of amidine groups is 1. The lowest BCUT2D eigenvalue weighted by Gasteiger charge is -2.41. The number of aliphatic imine (C=N–C) groups is 1. The molecule has 0 spiro atoms. The van der Waals surface area contributed by atoms with E-state index >= 15 is 0 Å². The van der Waals surface area contributed by atoms with E-state index in [1.54, 1.807) is 11.8 Å². The summed E-state index contributed by atoms with van der Waals surface area (Å²) in [5.74, 6) is 0. The third-order valence-electron chi connectivity index (χ3n) is 5.47. The summed E-state index contributed by atoms with van der Waals surface area (Å²) >= 11 is 7.85. The van der Waals surface area contributed by atoms with Crippen molar-refractivity contribution in [2.75, 3.05) is 38.3 Å². The van der Waals surface area contributed by atoms with E-state index in [1.165, 1.54) is 0 Å². The highest BCUT2D eigenvalue weighted by atomic mass is 35.5. The van der Waals surface area contributed by atoms with Crippen LogP contribution in [0.25, 0.3) is 0 Å². The van der Waals surface area contributed by atoms with Crippen LogP contribution in [-0.2, 0) is 20.0 Å². The summed E-state index contributed by atoms with van der Waals surface area (Å²) in [6.45, 7) is 1.38. The van der Waals surface area contributed by atoms with Gasteiger partial charge >= 0.3 is 0 Å². The van der Waals surface area contributed by atoms with E-state index < -0.39 is 15.8 Å². The fraction of sp³-hybridized carbons (Fsp3) is 0.409. The van der Waals surface area contributed by atoms with Crippen molar-refractivity contribution < 1.29 is 12.6 Å². The van der Waals surface area contributed by atoms with Crippen LogP contribution in [-0.4, -0.2) is 51.9 Å². The topological polar surface area (TPSA) is 62.2 Å². The number of nitrogens with zero attached hydrogens (tertiary/aromatic N) is 3. The zero-order valence-corrected chi connectivity index (χ0v) is 20.2. The number of rotatable bonds is 5. The molecule has 31 heavy (non-hydrogen) atoms. The van der Waals surface area contributed by atoms with Crippen molar-refractivity contribution in [1.29, 1.82) is 0 Å². The minimum atomic E-state index is -3.81. The maximum Gasteiger partial charge on any atom is 0.267 e. The Bertz CT molecular complexity index is 1090. The molecule has 2 atom stereocenters. The predicted octanol–water partition coefficient (Wildman–Crippen LogP) is 4.47. The molecule has 2 aliphatic heterocycles. The normalized spacial score (nSPS) is 23.8. The second-order valence-electron chi connectivity index (χ2n) is 8.00. The molecule has 0 radical (unpaired) electrons. The van der Waals surface area contributed by atoms with Gasteiger partial charge < -0.3 is 9.80 Å². The Morgan fingerprint density at radius 1 is 1.19 bits per heavy atom. The number of halogens is 1. The van der Waals surface area contributed by atoms with Crippen molar-refractivity contribution in [3.8, 4) is 0 Å².